The van der Waals surface area contributed by atoms with E-state index < -0.39 is 0 Å². The highest BCUT2D eigenvalue weighted by Crippen LogP contribution is 2.23. The fourth-order valence-corrected chi connectivity index (χ4v) is 2.45. The summed E-state index contributed by atoms with van der Waals surface area (Å²) < 4.78 is 7.17. The van der Waals surface area contributed by atoms with Crippen molar-refractivity contribution in [1.82, 2.24) is 19.7 Å². The van der Waals surface area contributed by atoms with Crippen LogP contribution in [-0.4, -0.2) is 45.0 Å². The number of rotatable bonds is 7. The van der Waals surface area contributed by atoms with Crippen molar-refractivity contribution in [2.24, 2.45) is 7.05 Å². The lowest BCUT2D eigenvalue weighted by Gasteiger charge is -2.21. The first-order chi connectivity index (χ1) is 10.2. The molecule has 2 rings (SSSR count). The molecule has 2 aromatic rings. The highest BCUT2D eigenvalue weighted by molar-refractivity contribution is 5.30. The van der Waals surface area contributed by atoms with Gasteiger partial charge in [0.25, 0.3) is 0 Å². The van der Waals surface area contributed by atoms with E-state index in [1.165, 1.54) is 0 Å². The van der Waals surface area contributed by atoms with Crippen LogP contribution in [0.2, 0.25) is 0 Å². The Hall–Kier alpha value is -1.92. The lowest BCUT2D eigenvalue weighted by Crippen LogP contribution is -2.26. The van der Waals surface area contributed by atoms with Crippen molar-refractivity contribution in [1.29, 1.82) is 0 Å². The van der Waals surface area contributed by atoms with E-state index >= 15 is 0 Å². The van der Waals surface area contributed by atoms with Crippen LogP contribution < -0.4 is 4.74 Å². The van der Waals surface area contributed by atoms with Crippen LogP contribution in [0.15, 0.2) is 24.5 Å². The zero-order chi connectivity index (χ0) is 15.2. The maximum Gasteiger partial charge on any atom is 0.216 e. The van der Waals surface area contributed by atoms with E-state index in [1.807, 2.05) is 32.3 Å². The number of ether oxygens (including phenoxy) is 1. The van der Waals surface area contributed by atoms with Crippen LogP contribution in [0.4, 0.5) is 0 Å². The molecule has 0 aliphatic rings. The molecule has 6 nitrogen and oxygen atoms in total. The molecule has 0 amide bonds. The largest absolute Gasteiger partial charge is 0.481 e. The first kappa shape index (κ1) is 15.5. The Morgan fingerprint density at radius 3 is 2.81 bits per heavy atom. The number of pyridine rings is 1. The molecule has 0 unspecified atom stereocenters. The van der Waals surface area contributed by atoms with E-state index in [2.05, 4.69) is 15.0 Å². The van der Waals surface area contributed by atoms with Gasteiger partial charge in [-0.15, -0.1) is 0 Å². The van der Waals surface area contributed by atoms with Crippen LogP contribution in [-0.2, 0) is 20.1 Å². The summed E-state index contributed by atoms with van der Waals surface area (Å²) in [5, 5.41) is 13.7. The Kier molecular flexibility index (Phi) is 5.30. The van der Waals surface area contributed by atoms with Gasteiger partial charge in [-0.05, 0) is 18.6 Å². The van der Waals surface area contributed by atoms with Gasteiger partial charge in [0.05, 0.1) is 25.0 Å². The number of aliphatic hydroxyl groups is 1. The van der Waals surface area contributed by atoms with Gasteiger partial charge >= 0.3 is 0 Å². The van der Waals surface area contributed by atoms with E-state index in [-0.39, 0.29) is 6.61 Å². The van der Waals surface area contributed by atoms with Crippen molar-refractivity contribution in [2.45, 2.75) is 20.0 Å². The topological polar surface area (TPSA) is 63.4 Å². The Balaban J connectivity index is 2.16. The lowest BCUT2D eigenvalue weighted by molar-refractivity contribution is 0.182. The molecule has 0 aromatic carbocycles. The molecule has 0 bridgehead atoms. The van der Waals surface area contributed by atoms with Crippen LogP contribution in [0.1, 0.15) is 16.8 Å². The summed E-state index contributed by atoms with van der Waals surface area (Å²) in [7, 11) is 3.52. The standard InChI is InChI=1S/C15H22N4O2/c1-12-14(15(21-3)18(2)17-12)11-19(7-8-20)10-13-5-4-6-16-9-13/h4-6,9,20H,7-8,10-11H2,1-3H3. The Bertz CT molecular complexity index is 569. The maximum atomic E-state index is 9.28. The predicted octanol–water partition coefficient (Wildman–Crippen LogP) is 1.13. The maximum absolute atomic E-state index is 9.28. The minimum absolute atomic E-state index is 0.113. The van der Waals surface area contributed by atoms with Crippen molar-refractivity contribution >= 4 is 0 Å². The molecule has 1 N–H and O–H groups in total. The third-order valence-corrected chi connectivity index (χ3v) is 3.41. The van der Waals surface area contributed by atoms with Gasteiger partial charge in [0, 0.05) is 39.1 Å². The average Bonchev–Trinajstić information content (AvgIpc) is 2.74. The molecule has 2 heterocycles. The van der Waals surface area contributed by atoms with E-state index in [9.17, 15) is 5.11 Å². The van der Waals surface area contributed by atoms with Gasteiger partial charge in [-0.25, -0.2) is 4.68 Å². The van der Waals surface area contributed by atoms with Gasteiger partial charge in [0.2, 0.25) is 5.88 Å². The second kappa shape index (κ2) is 7.19. The second-order valence-corrected chi connectivity index (χ2v) is 4.99. The number of aliphatic hydroxyl groups excluding tert-OH is 1. The summed E-state index contributed by atoms with van der Waals surface area (Å²) in [6, 6.07) is 3.95. The predicted molar refractivity (Wildman–Crippen MR) is 79.9 cm³/mol. The summed E-state index contributed by atoms with van der Waals surface area (Å²) in [5.74, 6) is 0.765. The van der Waals surface area contributed by atoms with Gasteiger partial charge in [-0.2, -0.15) is 5.10 Å². The van der Waals surface area contributed by atoms with Crippen molar-refractivity contribution in [3.8, 4) is 5.88 Å². The first-order valence-corrected chi connectivity index (χ1v) is 6.94. The zero-order valence-electron chi connectivity index (χ0n) is 12.8. The van der Waals surface area contributed by atoms with Crippen molar-refractivity contribution in [2.75, 3.05) is 20.3 Å². The Labute approximate surface area is 125 Å². The molecule has 21 heavy (non-hydrogen) atoms. The van der Waals surface area contributed by atoms with Crippen LogP contribution >= 0.6 is 0 Å². The molecular formula is C15H22N4O2. The van der Waals surface area contributed by atoms with E-state index in [4.69, 9.17) is 4.74 Å². The highest BCUT2D eigenvalue weighted by Gasteiger charge is 2.17. The molecule has 0 saturated carbocycles. The minimum atomic E-state index is 0.113. The molecule has 0 radical (unpaired) electrons. The normalized spacial score (nSPS) is 11.1. The smallest absolute Gasteiger partial charge is 0.216 e. The van der Waals surface area contributed by atoms with Crippen molar-refractivity contribution in [3.63, 3.8) is 0 Å². The van der Waals surface area contributed by atoms with Gasteiger partial charge < -0.3 is 9.84 Å². The van der Waals surface area contributed by atoms with Gasteiger partial charge in [-0.1, -0.05) is 6.07 Å². The lowest BCUT2D eigenvalue weighted by atomic mass is 10.2. The Morgan fingerprint density at radius 2 is 2.19 bits per heavy atom. The SMILES string of the molecule is COc1c(CN(CCO)Cc2cccnc2)c(C)nn1C. The van der Waals surface area contributed by atoms with Gasteiger partial charge in [0.15, 0.2) is 0 Å². The summed E-state index contributed by atoms with van der Waals surface area (Å²) in [5.41, 5.74) is 3.12. The van der Waals surface area contributed by atoms with Crippen molar-refractivity contribution in [3.05, 3.63) is 41.3 Å². The molecule has 0 atom stereocenters. The number of hydrogen-bond acceptors (Lipinski definition) is 5. The van der Waals surface area contributed by atoms with Crippen LogP contribution in [0.25, 0.3) is 0 Å². The molecular weight excluding hydrogens is 268 g/mol. The Morgan fingerprint density at radius 1 is 1.38 bits per heavy atom. The number of aromatic nitrogens is 3. The third-order valence-electron chi connectivity index (χ3n) is 3.41. The quantitative estimate of drug-likeness (QED) is 0.828. The number of hydrogen-bond donors (Lipinski definition) is 1. The monoisotopic (exact) mass is 290 g/mol. The molecule has 6 heteroatoms. The number of nitrogens with zero attached hydrogens (tertiary/aromatic N) is 4. The fourth-order valence-electron chi connectivity index (χ4n) is 2.45. The van der Waals surface area contributed by atoms with Crippen LogP contribution in [0.3, 0.4) is 0 Å². The minimum Gasteiger partial charge on any atom is -0.481 e. The first-order valence-electron chi connectivity index (χ1n) is 6.94. The van der Waals surface area contributed by atoms with E-state index in [0.717, 1.165) is 29.2 Å². The van der Waals surface area contributed by atoms with Crippen LogP contribution in [0.5, 0.6) is 5.88 Å². The summed E-state index contributed by atoms with van der Waals surface area (Å²) in [6.45, 7) is 4.08. The van der Waals surface area contributed by atoms with Crippen molar-refractivity contribution < 1.29 is 9.84 Å². The molecule has 0 fully saturated rings. The molecule has 0 aliphatic heterocycles. The van der Waals surface area contributed by atoms with Crippen LogP contribution in [0, 0.1) is 6.92 Å². The summed E-state index contributed by atoms with van der Waals surface area (Å²) in [6.07, 6.45) is 3.60. The second-order valence-electron chi connectivity index (χ2n) is 4.99. The third kappa shape index (κ3) is 3.80. The number of methoxy groups -OCH3 is 1. The molecule has 2 aromatic heterocycles. The number of aryl methyl sites for hydroxylation is 2. The summed E-state index contributed by atoms with van der Waals surface area (Å²) in [4.78, 5) is 6.29. The molecule has 0 aliphatic carbocycles. The highest BCUT2D eigenvalue weighted by atomic mass is 16.5. The van der Waals surface area contributed by atoms with Gasteiger partial charge in [-0.3, -0.25) is 9.88 Å². The molecule has 0 spiro atoms. The zero-order valence-corrected chi connectivity index (χ0v) is 12.8. The average molecular weight is 290 g/mol. The molecule has 114 valence electrons. The fraction of sp³-hybridized carbons (Fsp3) is 0.467. The molecule has 0 saturated heterocycles. The van der Waals surface area contributed by atoms with E-state index in [0.29, 0.717) is 13.1 Å². The van der Waals surface area contributed by atoms with E-state index in [1.54, 1.807) is 18.0 Å². The van der Waals surface area contributed by atoms with Gasteiger partial charge in [0.1, 0.15) is 0 Å². The summed E-state index contributed by atoms with van der Waals surface area (Å²) >= 11 is 0.